The quantitative estimate of drug-likeness (QED) is 0.484. The molecule has 0 unspecified atom stereocenters. The number of rotatable bonds is 8. The van der Waals surface area contributed by atoms with Crippen LogP contribution in [0.4, 0.5) is 8.78 Å². The molecule has 0 rings (SSSR count). The monoisotopic (exact) mass is 241 g/mol. The maximum Gasteiger partial charge on any atom is 0.328 e. The van der Waals surface area contributed by atoms with Crippen LogP contribution in [0, 0.1) is 0 Å². The number of halogens is 2. The van der Waals surface area contributed by atoms with Crippen LogP contribution in [0.1, 0.15) is 6.42 Å². The smallest absolute Gasteiger partial charge is 0.328 e. The Bertz CT molecular complexity index is 236. The summed E-state index contributed by atoms with van der Waals surface area (Å²) in [5.74, 6) is -2.06. The van der Waals surface area contributed by atoms with Gasteiger partial charge in [-0.15, -0.1) is 0 Å². The maximum absolute atomic E-state index is 11.6. The van der Waals surface area contributed by atoms with Crippen LogP contribution in [0.15, 0.2) is 0 Å². The van der Waals surface area contributed by atoms with Crippen LogP contribution in [-0.4, -0.2) is 54.4 Å². The van der Waals surface area contributed by atoms with E-state index in [0.717, 1.165) is 0 Å². The van der Waals surface area contributed by atoms with Gasteiger partial charge in [-0.05, 0) is 0 Å². The number of hydrogen-bond acceptors (Lipinski definition) is 4. The van der Waals surface area contributed by atoms with Gasteiger partial charge in [-0.1, -0.05) is 0 Å². The molecule has 0 heterocycles. The molecule has 3 N–H and O–H groups in total. The minimum Gasteiger partial charge on any atom is -0.480 e. The number of alkyl halides is 2. The highest BCUT2D eigenvalue weighted by atomic mass is 19.3. The summed E-state index contributed by atoms with van der Waals surface area (Å²) < 4.78 is 27.6. The van der Waals surface area contributed by atoms with Crippen LogP contribution >= 0.6 is 0 Å². The zero-order valence-electron chi connectivity index (χ0n) is 8.36. The van der Waals surface area contributed by atoms with Crippen molar-refractivity contribution in [2.24, 2.45) is 0 Å². The predicted octanol–water partition coefficient (Wildman–Crippen LogP) is -0.780. The summed E-state index contributed by atoms with van der Waals surface area (Å²) in [6.45, 7) is -1.73. The first-order valence-electron chi connectivity index (χ1n) is 4.46. The first-order chi connectivity index (χ1) is 7.47. The highest BCUT2D eigenvalue weighted by Crippen LogP contribution is 1.94. The molecule has 0 aliphatic heterocycles. The van der Waals surface area contributed by atoms with Gasteiger partial charge in [0.15, 0.2) is 0 Å². The number of hydrogen-bond donors (Lipinski definition) is 3. The summed E-state index contributed by atoms with van der Waals surface area (Å²) in [6.07, 6.45) is -2.84. The van der Waals surface area contributed by atoms with E-state index in [4.69, 9.17) is 10.2 Å². The summed E-state index contributed by atoms with van der Waals surface area (Å²) in [5, 5.41) is 19.0. The summed E-state index contributed by atoms with van der Waals surface area (Å²) in [6, 6.07) is -1.39. The molecule has 0 saturated heterocycles. The number of nitrogens with one attached hydrogen (secondary N) is 1. The van der Waals surface area contributed by atoms with Gasteiger partial charge in [0.05, 0.1) is 13.2 Å². The Hall–Kier alpha value is -1.28. The van der Waals surface area contributed by atoms with Crippen LogP contribution in [-0.2, 0) is 14.3 Å². The van der Waals surface area contributed by atoms with Crippen LogP contribution in [0.5, 0.6) is 0 Å². The third-order valence-corrected chi connectivity index (χ3v) is 1.53. The molecule has 1 atom stereocenters. The first-order valence-corrected chi connectivity index (χ1v) is 4.46. The largest absolute Gasteiger partial charge is 0.480 e. The number of carboxylic acid groups (broad SMARTS) is 1. The van der Waals surface area contributed by atoms with E-state index in [1.807, 2.05) is 5.32 Å². The van der Waals surface area contributed by atoms with E-state index in [0.29, 0.717) is 0 Å². The lowest BCUT2D eigenvalue weighted by atomic mass is 10.3. The Morgan fingerprint density at radius 2 is 2.00 bits per heavy atom. The van der Waals surface area contributed by atoms with Crippen molar-refractivity contribution in [2.45, 2.75) is 18.9 Å². The summed E-state index contributed by atoms with van der Waals surface area (Å²) >= 11 is 0. The number of carbonyl (C=O) groups is 2. The van der Waals surface area contributed by atoms with Gasteiger partial charge >= 0.3 is 5.97 Å². The van der Waals surface area contributed by atoms with Gasteiger partial charge < -0.3 is 20.3 Å². The molecular formula is C8H13F2NO5. The molecule has 0 aliphatic rings. The molecule has 0 aliphatic carbocycles. The third-order valence-electron chi connectivity index (χ3n) is 1.53. The van der Waals surface area contributed by atoms with Crippen molar-refractivity contribution in [3.05, 3.63) is 0 Å². The molecule has 1 amide bonds. The van der Waals surface area contributed by atoms with Crippen molar-refractivity contribution >= 4 is 11.9 Å². The molecule has 0 aromatic carbocycles. The molecule has 0 radical (unpaired) electrons. The average molecular weight is 241 g/mol. The van der Waals surface area contributed by atoms with Crippen molar-refractivity contribution in [3.63, 3.8) is 0 Å². The van der Waals surface area contributed by atoms with Crippen molar-refractivity contribution in [1.82, 2.24) is 5.32 Å². The molecule has 6 nitrogen and oxygen atoms in total. The van der Waals surface area contributed by atoms with Crippen LogP contribution in [0.2, 0.25) is 0 Å². The normalized spacial score (nSPS) is 12.5. The fraction of sp³-hybridized carbons (Fsp3) is 0.750. The number of aliphatic hydroxyl groups excluding tert-OH is 1. The Balaban J connectivity index is 3.69. The molecular weight excluding hydrogens is 228 g/mol. The molecule has 0 aromatic rings. The number of aliphatic carboxylic acids is 1. The molecule has 0 saturated carbocycles. The second-order valence-electron chi connectivity index (χ2n) is 2.86. The molecule has 16 heavy (non-hydrogen) atoms. The first kappa shape index (κ1) is 14.7. The maximum atomic E-state index is 11.6. The van der Waals surface area contributed by atoms with E-state index in [1.165, 1.54) is 0 Å². The Kier molecular flexibility index (Phi) is 7.31. The zero-order valence-corrected chi connectivity index (χ0v) is 8.36. The van der Waals surface area contributed by atoms with E-state index in [9.17, 15) is 18.4 Å². The second-order valence-corrected chi connectivity index (χ2v) is 2.86. The number of carbonyl (C=O) groups excluding carboxylic acids is 1. The van der Waals surface area contributed by atoms with E-state index >= 15 is 0 Å². The van der Waals surface area contributed by atoms with Crippen LogP contribution in [0.3, 0.4) is 0 Å². The number of amides is 1. The third kappa shape index (κ3) is 7.07. The van der Waals surface area contributed by atoms with Gasteiger partial charge in [-0.2, -0.15) is 0 Å². The summed E-state index contributed by atoms with van der Waals surface area (Å²) in [7, 11) is 0. The second kappa shape index (κ2) is 7.94. The van der Waals surface area contributed by atoms with Gasteiger partial charge in [0.2, 0.25) is 5.91 Å². The SMILES string of the molecule is O=C(CCOCC(F)F)N[C@H](CO)C(=O)O. The van der Waals surface area contributed by atoms with Gasteiger partial charge in [0.25, 0.3) is 6.43 Å². The van der Waals surface area contributed by atoms with Crippen molar-refractivity contribution in [1.29, 1.82) is 0 Å². The minimum absolute atomic E-state index is 0.228. The van der Waals surface area contributed by atoms with E-state index in [-0.39, 0.29) is 13.0 Å². The Morgan fingerprint density at radius 3 is 2.44 bits per heavy atom. The standard InChI is InChI=1S/C8H13F2NO5/c9-6(10)4-16-2-1-7(13)11-5(3-12)8(14)15/h5-6,12H,1-4H2,(H,11,13)(H,14,15)/t5-/m1/s1. The van der Waals surface area contributed by atoms with Crippen molar-refractivity contribution < 1.29 is 33.3 Å². The molecule has 94 valence electrons. The van der Waals surface area contributed by atoms with Crippen LogP contribution < -0.4 is 5.32 Å². The van der Waals surface area contributed by atoms with Gasteiger partial charge in [0.1, 0.15) is 12.6 Å². The Labute approximate surface area is 90.2 Å². The Morgan fingerprint density at radius 1 is 1.38 bits per heavy atom. The molecule has 0 fully saturated rings. The van der Waals surface area contributed by atoms with E-state index in [1.54, 1.807) is 0 Å². The fourth-order valence-corrected chi connectivity index (χ4v) is 0.789. The highest BCUT2D eigenvalue weighted by Gasteiger charge is 2.18. The topological polar surface area (TPSA) is 95.9 Å². The fourth-order valence-electron chi connectivity index (χ4n) is 0.789. The van der Waals surface area contributed by atoms with Crippen molar-refractivity contribution in [3.8, 4) is 0 Å². The summed E-state index contributed by atoms with van der Waals surface area (Å²) in [4.78, 5) is 21.4. The minimum atomic E-state index is -2.60. The van der Waals surface area contributed by atoms with Gasteiger partial charge in [0, 0.05) is 6.42 Å². The van der Waals surface area contributed by atoms with Gasteiger partial charge in [-0.25, -0.2) is 13.6 Å². The highest BCUT2D eigenvalue weighted by molar-refractivity contribution is 5.83. The number of carboxylic acids is 1. The molecule has 0 aromatic heterocycles. The lowest BCUT2D eigenvalue weighted by Crippen LogP contribution is -2.43. The number of ether oxygens (including phenoxy) is 1. The van der Waals surface area contributed by atoms with E-state index < -0.39 is 37.6 Å². The lowest BCUT2D eigenvalue weighted by Gasteiger charge is -2.11. The summed E-state index contributed by atoms with van der Waals surface area (Å²) in [5.41, 5.74) is 0. The zero-order chi connectivity index (χ0) is 12.6. The van der Waals surface area contributed by atoms with E-state index in [2.05, 4.69) is 4.74 Å². The lowest BCUT2D eigenvalue weighted by molar-refractivity contribution is -0.143. The predicted molar refractivity (Wildman–Crippen MR) is 48.1 cm³/mol. The van der Waals surface area contributed by atoms with Crippen LogP contribution in [0.25, 0.3) is 0 Å². The number of aliphatic hydroxyl groups is 1. The molecule has 0 spiro atoms. The molecule has 0 bridgehead atoms. The molecule has 8 heteroatoms. The van der Waals surface area contributed by atoms with Crippen molar-refractivity contribution in [2.75, 3.05) is 19.8 Å². The van der Waals surface area contributed by atoms with Gasteiger partial charge in [-0.3, -0.25) is 4.79 Å². The average Bonchev–Trinajstić information content (AvgIpc) is 2.20.